The Kier molecular flexibility index (Phi) is 31.1. The van der Waals surface area contributed by atoms with Crippen molar-refractivity contribution in [2.75, 3.05) is 31.7 Å². The minimum absolute atomic E-state index is 0.0316. The molecule has 0 spiro atoms. The van der Waals surface area contributed by atoms with Gasteiger partial charge in [-0.25, -0.2) is 4.98 Å². The number of aromatic nitrogens is 2. The molecule has 0 fully saturated rings. The number of carbonyl (C=O) groups excluding carboxylic acids is 10. The van der Waals surface area contributed by atoms with Crippen LogP contribution < -0.4 is 65.1 Å². The van der Waals surface area contributed by atoms with Gasteiger partial charge < -0.3 is 85.4 Å². The van der Waals surface area contributed by atoms with Crippen LogP contribution in [-0.4, -0.2) is 183 Å². The predicted octanol–water partition coefficient (Wildman–Crippen LogP) is -4.18. The molecule has 28 nitrogen and oxygen atoms in total. The van der Waals surface area contributed by atoms with Crippen LogP contribution in [0.15, 0.2) is 42.9 Å². The van der Waals surface area contributed by atoms with Crippen molar-refractivity contribution < 1.29 is 68.1 Å². The van der Waals surface area contributed by atoms with Gasteiger partial charge in [0.25, 0.3) is 0 Å². The SMILES string of the molecule is CSCC[C@H](NC(=O)[C@H](CC(C)C)NC(=O)CCNC(=O)[C@@H](NC(=O)[C@H](Cc1ccccc1)NC(=O)[C@H](CO)NC(=O)[C@H](CC(=O)O)NC(=O)[C@@H](NC(=O)[C@H](CCCCN)NC(=O)[C@@H](N)Cc1cnc[nH]1)[C@@H](C)O)C(C)C)C(N)=O. The Morgan fingerprint density at radius 2 is 1.24 bits per heavy atom. The number of carbonyl (C=O) groups is 11. The molecule has 1 aromatic heterocycles. The Balaban J connectivity index is 2.24. The third-order valence-electron chi connectivity index (χ3n) is 12.2. The largest absolute Gasteiger partial charge is 0.481 e. The summed E-state index contributed by atoms with van der Waals surface area (Å²) in [5.41, 5.74) is 18.3. The van der Waals surface area contributed by atoms with Crippen LogP contribution in [0.5, 0.6) is 0 Å². The molecule has 10 amide bonds. The van der Waals surface area contributed by atoms with Gasteiger partial charge in [-0.15, -0.1) is 0 Å². The number of H-pyrrole nitrogens is 1. The summed E-state index contributed by atoms with van der Waals surface area (Å²) in [4.78, 5) is 153. The topological polar surface area (TPSA) is 463 Å². The highest BCUT2D eigenvalue weighted by Gasteiger charge is 2.36. The van der Waals surface area contributed by atoms with Crippen LogP contribution in [0, 0.1) is 11.8 Å². The van der Waals surface area contributed by atoms with Crippen LogP contribution in [0.3, 0.4) is 0 Å². The number of rotatable bonds is 38. The van der Waals surface area contributed by atoms with Gasteiger partial charge in [0.1, 0.15) is 48.3 Å². The summed E-state index contributed by atoms with van der Waals surface area (Å²) < 4.78 is 0. The molecule has 1 aromatic carbocycles. The molecule has 0 saturated carbocycles. The number of aliphatic carboxylic acids is 1. The number of benzene rings is 1. The highest BCUT2D eigenvalue weighted by atomic mass is 32.2. The number of nitrogens with zero attached hydrogens (tertiary/aromatic N) is 1. The van der Waals surface area contributed by atoms with Crippen molar-refractivity contribution in [2.24, 2.45) is 29.0 Å². The van der Waals surface area contributed by atoms with E-state index in [1.165, 1.54) is 24.3 Å². The molecule has 0 unspecified atom stereocenters. The number of imidazole rings is 1. The van der Waals surface area contributed by atoms with Crippen LogP contribution in [0.2, 0.25) is 0 Å². The third kappa shape index (κ3) is 25.3. The number of hydrogen-bond donors (Lipinski definition) is 16. The first-order chi connectivity index (χ1) is 37.8. The summed E-state index contributed by atoms with van der Waals surface area (Å²) in [6.45, 7) is 6.98. The van der Waals surface area contributed by atoms with E-state index in [1.54, 1.807) is 44.2 Å². The van der Waals surface area contributed by atoms with Crippen LogP contribution in [0.1, 0.15) is 90.8 Å². The molecule has 2 aromatic rings. The van der Waals surface area contributed by atoms with Gasteiger partial charge >= 0.3 is 5.97 Å². The van der Waals surface area contributed by atoms with Crippen molar-refractivity contribution in [3.63, 3.8) is 0 Å². The fraction of sp³-hybridized carbons (Fsp3) is 0.608. The van der Waals surface area contributed by atoms with E-state index in [9.17, 15) is 68.1 Å². The van der Waals surface area contributed by atoms with Crippen LogP contribution in [0.4, 0.5) is 0 Å². The molecule has 29 heteroatoms. The smallest absolute Gasteiger partial charge is 0.305 e. The van der Waals surface area contributed by atoms with E-state index < -0.39 is 144 Å². The van der Waals surface area contributed by atoms with Crippen LogP contribution >= 0.6 is 11.8 Å². The van der Waals surface area contributed by atoms with Crippen molar-refractivity contribution in [3.05, 3.63) is 54.1 Å². The van der Waals surface area contributed by atoms with Gasteiger partial charge in [-0.1, -0.05) is 58.0 Å². The number of aromatic amines is 1. The van der Waals surface area contributed by atoms with Crippen molar-refractivity contribution in [1.29, 1.82) is 0 Å². The summed E-state index contributed by atoms with van der Waals surface area (Å²) in [5, 5.41) is 52.9. The molecule has 10 atom stereocenters. The van der Waals surface area contributed by atoms with E-state index in [1.807, 2.05) is 20.1 Å². The summed E-state index contributed by atoms with van der Waals surface area (Å²) >= 11 is 1.47. The van der Waals surface area contributed by atoms with E-state index in [0.29, 0.717) is 36.3 Å². The number of hydrogen-bond acceptors (Lipinski definition) is 17. The summed E-state index contributed by atoms with van der Waals surface area (Å²) in [7, 11) is 0. The lowest BCUT2D eigenvalue weighted by molar-refractivity contribution is -0.142. The lowest BCUT2D eigenvalue weighted by Crippen LogP contribution is -2.62. The number of nitrogens with two attached hydrogens (primary N) is 3. The number of carboxylic acid groups (broad SMARTS) is 1. The number of thioether (sulfide) groups is 1. The Morgan fingerprint density at radius 1 is 0.662 bits per heavy atom. The zero-order valence-corrected chi connectivity index (χ0v) is 46.9. The quantitative estimate of drug-likeness (QED) is 0.0284. The molecule has 80 heavy (non-hydrogen) atoms. The van der Waals surface area contributed by atoms with Gasteiger partial charge in [0.2, 0.25) is 59.1 Å². The van der Waals surface area contributed by atoms with Gasteiger partial charge in [-0.2, -0.15) is 11.8 Å². The minimum Gasteiger partial charge on any atom is -0.481 e. The van der Waals surface area contributed by atoms with Gasteiger partial charge in [0, 0.05) is 37.7 Å². The molecule has 1 heterocycles. The maximum absolute atomic E-state index is 14.1. The van der Waals surface area contributed by atoms with E-state index in [0.717, 1.165) is 6.92 Å². The fourth-order valence-electron chi connectivity index (χ4n) is 7.83. The van der Waals surface area contributed by atoms with Crippen molar-refractivity contribution in [3.8, 4) is 0 Å². The second-order valence-corrected chi connectivity index (χ2v) is 20.9. The number of amides is 10. The second-order valence-electron chi connectivity index (χ2n) is 19.9. The van der Waals surface area contributed by atoms with E-state index in [-0.39, 0.29) is 51.1 Å². The number of unbranched alkanes of at least 4 members (excludes halogenated alkanes) is 1. The average Bonchev–Trinajstić information content (AvgIpc) is 3.91. The maximum atomic E-state index is 14.1. The molecule has 0 aliphatic carbocycles. The molecule has 0 radical (unpaired) electrons. The first kappa shape index (κ1) is 68.9. The van der Waals surface area contributed by atoms with Crippen LogP contribution in [0.25, 0.3) is 0 Å². The minimum atomic E-state index is -1.99. The van der Waals surface area contributed by atoms with E-state index in [2.05, 4.69) is 57.8 Å². The Hall–Kier alpha value is -7.21. The highest BCUT2D eigenvalue weighted by molar-refractivity contribution is 7.98. The zero-order valence-electron chi connectivity index (χ0n) is 46.1. The van der Waals surface area contributed by atoms with Crippen molar-refractivity contribution >= 4 is 76.8 Å². The first-order valence-electron chi connectivity index (χ1n) is 26.3. The molecule has 2 rings (SSSR count). The van der Waals surface area contributed by atoms with Crippen LogP contribution in [-0.2, 0) is 65.6 Å². The molecule has 19 N–H and O–H groups in total. The molecular formula is C51H82N14O14S. The highest BCUT2D eigenvalue weighted by Crippen LogP contribution is 2.11. The Morgan fingerprint density at radius 3 is 1.80 bits per heavy atom. The van der Waals surface area contributed by atoms with E-state index >= 15 is 0 Å². The Bertz CT molecular complexity index is 2350. The standard InChI is InChI=1S/C51H82N14O14S/c1-27(2)20-35(46(74)59-33(43(54)71)16-19-80-6)58-39(68)15-18-56-50(78)41(28(3)4)64-48(76)36(21-30-12-8-7-9-13-30)61-49(77)38(25-66)63-47(75)37(23-40(69)70)62-51(79)42(29(5)67)65-45(73)34(14-10-11-17-52)60-44(72)32(53)22-31-24-55-26-57-31/h7-9,12-13,24,26-29,32-38,41-42,66-67H,10-11,14-23,25,52-53H2,1-6H3,(H2,54,71)(H,55,57)(H,56,78)(H,58,68)(H,59,74)(H,60,72)(H,61,77)(H,62,79)(H,63,75)(H,64,76)(H,65,73)(H,69,70)/t29-,32+,33+,34+,35+,36+,37+,38+,41+,42+/m1/s1. The predicted molar refractivity (Wildman–Crippen MR) is 294 cm³/mol. The monoisotopic (exact) mass is 1150 g/mol. The zero-order chi connectivity index (χ0) is 60.1. The number of nitrogens with one attached hydrogen (secondary N) is 10. The normalized spacial score (nSPS) is 14.9. The molecule has 0 bridgehead atoms. The number of primary amides is 1. The lowest BCUT2D eigenvalue weighted by atomic mass is 10.0. The van der Waals surface area contributed by atoms with Crippen molar-refractivity contribution in [2.45, 2.75) is 153 Å². The first-order valence-corrected chi connectivity index (χ1v) is 27.7. The summed E-state index contributed by atoms with van der Waals surface area (Å²) in [5.74, 6) is -10.5. The molecule has 0 aliphatic rings. The molecular weight excluding hydrogens is 1060 g/mol. The molecule has 446 valence electrons. The maximum Gasteiger partial charge on any atom is 0.305 e. The molecule has 0 saturated heterocycles. The Labute approximate surface area is 468 Å². The number of aliphatic hydroxyl groups is 2. The van der Waals surface area contributed by atoms with Gasteiger partial charge in [0.05, 0.1) is 31.5 Å². The van der Waals surface area contributed by atoms with Gasteiger partial charge in [-0.05, 0) is 75.0 Å². The summed E-state index contributed by atoms with van der Waals surface area (Å²) in [6, 6.07) is -4.48. The fourth-order valence-corrected chi connectivity index (χ4v) is 8.30. The second kappa shape index (κ2) is 36.1. The average molecular weight is 1150 g/mol. The third-order valence-corrected chi connectivity index (χ3v) is 12.9. The summed E-state index contributed by atoms with van der Waals surface area (Å²) in [6.07, 6.45) is 2.86. The number of carboxylic acids is 1. The van der Waals surface area contributed by atoms with Gasteiger partial charge in [-0.3, -0.25) is 52.7 Å². The lowest BCUT2D eigenvalue weighted by Gasteiger charge is -2.28. The number of aliphatic hydroxyl groups excluding tert-OH is 2. The molecule has 0 aliphatic heterocycles. The van der Waals surface area contributed by atoms with Crippen molar-refractivity contribution in [1.82, 2.24) is 57.8 Å². The van der Waals surface area contributed by atoms with Gasteiger partial charge in [0.15, 0.2) is 0 Å². The van der Waals surface area contributed by atoms with E-state index in [4.69, 9.17) is 17.2 Å².